The van der Waals surface area contributed by atoms with Crippen molar-refractivity contribution in [1.82, 2.24) is 15.5 Å². The second-order valence-corrected chi connectivity index (χ2v) is 5.34. The van der Waals surface area contributed by atoms with Crippen molar-refractivity contribution in [2.75, 3.05) is 26.2 Å². The first-order chi connectivity index (χ1) is 9.11. The molecule has 6 heteroatoms. The Hall–Kier alpha value is -1.14. The van der Waals surface area contributed by atoms with Crippen molar-refractivity contribution in [3.05, 3.63) is 0 Å². The quantitative estimate of drug-likeness (QED) is 0.619. The molecule has 2 unspecified atom stereocenters. The summed E-state index contributed by atoms with van der Waals surface area (Å²) in [7, 11) is 0. The molecule has 0 radical (unpaired) electrons. The zero-order chi connectivity index (χ0) is 13.8. The molecular formula is C13H23N3O3. The summed E-state index contributed by atoms with van der Waals surface area (Å²) in [6, 6.07) is -0.254. The Kier molecular flexibility index (Phi) is 4.76. The van der Waals surface area contributed by atoms with E-state index in [4.69, 9.17) is 0 Å². The molecule has 2 amide bonds. The highest BCUT2D eigenvalue weighted by atomic mass is 16.3. The van der Waals surface area contributed by atoms with Gasteiger partial charge in [-0.05, 0) is 26.2 Å². The summed E-state index contributed by atoms with van der Waals surface area (Å²) in [5, 5.41) is 15.3. The van der Waals surface area contributed by atoms with E-state index >= 15 is 0 Å². The zero-order valence-corrected chi connectivity index (χ0v) is 11.4. The number of aliphatic hydroxyl groups excluding tert-OH is 1. The van der Waals surface area contributed by atoms with Crippen LogP contribution in [0.2, 0.25) is 0 Å². The molecule has 2 aliphatic rings. The first kappa shape index (κ1) is 14.3. The fraction of sp³-hybridized carbons (Fsp3) is 0.846. The number of aliphatic hydroxyl groups is 1. The second-order valence-electron chi connectivity index (χ2n) is 5.34. The lowest BCUT2D eigenvalue weighted by atomic mass is 9.95. The van der Waals surface area contributed by atoms with Crippen LogP contribution < -0.4 is 10.6 Å². The van der Waals surface area contributed by atoms with Gasteiger partial charge in [0.2, 0.25) is 11.8 Å². The molecule has 0 bridgehead atoms. The van der Waals surface area contributed by atoms with Crippen LogP contribution in [0.5, 0.6) is 0 Å². The lowest BCUT2D eigenvalue weighted by Gasteiger charge is -2.32. The third kappa shape index (κ3) is 3.45. The van der Waals surface area contributed by atoms with E-state index in [-0.39, 0.29) is 23.8 Å². The lowest BCUT2D eigenvalue weighted by molar-refractivity contribution is -0.137. The van der Waals surface area contributed by atoms with Crippen LogP contribution in [0.1, 0.15) is 26.2 Å². The summed E-state index contributed by atoms with van der Waals surface area (Å²) in [6.07, 6.45) is 1.54. The molecule has 0 aromatic carbocycles. The monoisotopic (exact) mass is 269 g/mol. The molecule has 108 valence electrons. The predicted molar refractivity (Wildman–Crippen MR) is 70.4 cm³/mol. The smallest absolute Gasteiger partial charge is 0.239 e. The molecule has 19 heavy (non-hydrogen) atoms. The topological polar surface area (TPSA) is 81.7 Å². The SMILES string of the molecule is CCNC(=O)C1CCN(C(=O)C2CC(O)CN2)CC1. The summed E-state index contributed by atoms with van der Waals surface area (Å²) < 4.78 is 0. The molecule has 0 aromatic heterocycles. The largest absolute Gasteiger partial charge is 0.392 e. The van der Waals surface area contributed by atoms with Crippen LogP contribution in [0, 0.1) is 5.92 Å². The normalized spacial score (nSPS) is 28.4. The molecule has 0 saturated carbocycles. The fourth-order valence-electron chi connectivity index (χ4n) is 2.81. The van der Waals surface area contributed by atoms with E-state index in [1.807, 2.05) is 11.8 Å². The standard InChI is InChI=1S/C13H23N3O3/c1-2-14-12(18)9-3-5-16(6-4-9)13(19)11-7-10(17)8-15-11/h9-11,15,17H,2-8H2,1H3,(H,14,18). The number of rotatable bonds is 3. The number of β-amino-alcohol motifs (C(OH)–C–C–N with tert-alkyl or cyclic N) is 1. The van der Waals surface area contributed by atoms with Gasteiger partial charge in [0.15, 0.2) is 0 Å². The molecule has 0 aliphatic carbocycles. The number of carbonyl (C=O) groups excluding carboxylic acids is 2. The van der Waals surface area contributed by atoms with E-state index in [1.54, 1.807) is 0 Å². The van der Waals surface area contributed by atoms with Gasteiger partial charge in [0, 0.05) is 32.1 Å². The molecule has 2 fully saturated rings. The summed E-state index contributed by atoms with van der Waals surface area (Å²) in [4.78, 5) is 25.7. The first-order valence-corrected chi connectivity index (χ1v) is 7.09. The maximum Gasteiger partial charge on any atom is 0.239 e. The minimum Gasteiger partial charge on any atom is -0.392 e. The van der Waals surface area contributed by atoms with E-state index < -0.39 is 6.10 Å². The number of hydrogen-bond acceptors (Lipinski definition) is 4. The maximum absolute atomic E-state index is 12.2. The van der Waals surface area contributed by atoms with Gasteiger partial charge in [0.1, 0.15) is 0 Å². The van der Waals surface area contributed by atoms with Crippen molar-refractivity contribution in [1.29, 1.82) is 0 Å². The zero-order valence-electron chi connectivity index (χ0n) is 11.4. The summed E-state index contributed by atoms with van der Waals surface area (Å²) in [5.74, 6) is 0.195. The van der Waals surface area contributed by atoms with Crippen LogP contribution in [-0.2, 0) is 9.59 Å². The van der Waals surface area contributed by atoms with Crippen LogP contribution in [0.4, 0.5) is 0 Å². The van der Waals surface area contributed by atoms with Gasteiger partial charge < -0.3 is 20.6 Å². The number of nitrogens with zero attached hydrogens (tertiary/aromatic N) is 1. The van der Waals surface area contributed by atoms with E-state index in [0.29, 0.717) is 32.6 Å². The van der Waals surface area contributed by atoms with Crippen molar-refractivity contribution < 1.29 is 14.7 Å². The van der Waals surface area contributed by atoms with E-state index in [9.17, 15) is 14.7 Å². The van der Waals surface area contributed by atoms with Gasteiger partial charge in [-0.25, -0.2) is 0 Å². The van der Waals surface area contributed by atoms with E-state index in [1.165, 1.54) is 0 Å². The van der Waals surface area contributed by atoms with Crippen molar-refractivity contribution in [2.45, 2.75) is 38.3 Å². The Balaban J connectivity index is 1.79. The molecule has 2 aliphatic heterocycles. The summed E-state index contributed by atoms with van der Waals surface area (Å²) in [6.45, 7) is 4.32. The van der Waals surface area contributed by atoms with Crippen molar-refractivity contribution in [2.24, 2.45) is 5.92 Å². The van der Waals surface area contributed by atoms with E-state index in [2.05, 4.69) is 10.6 Å². The molecule has 0 spiro atoms. The Morgan fingerprint density at radius 1 is 1.37 bits per heavy atom. The van der Waals surface area contributed by atoms with Crippen molar-refractivity contribution in [3.63, 3.8) is 0 Å². The van der Waals surface area contributed by atoms with Gasteiger partial charge in [-0.1, -0.05) is 0 Å². The Morgan fingerprint density at radius 3 is 2.58 bits per heavy atom. The number of amides is 2. The Morgan fingerprint density at radius 2 is 2.05 bits per heavy atom. The third-order valence-corrected chi connectivity index (χ3v) is 3.93. The van der Waals surface area contributed by atoms with Gasteiger partial charge >= 0.3 is 0 Å². The molecular weight excluding hydrogens is 246 g/mol. The van der Waals surface area contributed by atoms with Crippen LogP contribution in [0.3, 0.4) is 0 Å². The molecule has 2 rings (SSSR count). The van der Waals surface area contributed by atoms with Crippen LogP contribution >= 0.6 is 0 Å². The lowest BCUT2D eigenvalue weighted by Crippen LogP contribution is -2.48. The predicted octanol–water partition coefficient (Wildman–Crippen LogP) is -0.916. The van der Waals surface area contributed by atoms with E-state index in [0.717, 1.165) is 12.8 Å². The van der Waals surface area contributed by atoms with Gasteiger partial charge in [0.25, 0.3) is 0 Å². The number of carbonyl (C=O) groups is 2. The second kappa shape index (κ2) is 6.34. The number of nitrogens with one attached hydrogen (secondary N) is 2. The fourth-order valence-corrected chi connectivity index (χ4v) is 2.81. The molecule has 6 nitrogen and oxygen atoms in total. The van der Waals surface area contributed by atoms with Gasteiger partial charge in [-0.2, -0.15) is 0 Å². The minimum atomic E-state index is -0.415. The first-order valence-electron chi connectivity index (χ1n) is 7.09. The summed E-state index contributed by atoms with van der Waals surface area (Å²) in [5.41, 5.74) is 0. The highest BCUT2D eigenvalue weighted by Crippen LogP contribution is 2.19. The average molecular weight is 269 g/mol. The van der Waals surface area contributed by atoms with Gasteiger partial charge in [-0.15, -0.1) is 0 Å². The molecule has 2 saturated heterocycles. The van der Waals surface area contributed by atoms with Crippen LogP contribution in [0.25, 0.3) is 0 Å². The van der Waals surface area contributed by atoms with Crippen LogP contribution in [0.15, 0.2) is 0 Å². The van der Waals surface area contributed by atoms with Crippen LogP contribution in [-0.4, -0.2) is 60.1 Å². The van der Waals surface area contributed by atoms with Crippen molar-refractivity contribution >= 4 is 11.8 Å². The third-order valence-electron chi connectivity index (χ3n) is 3.93. The Bertz CT molecular complexity index is 340. The maximum atomic E-state index is 12.2. The van der Waals surface area contributed by atoms with Crippen molar-refractivity contribution in [3.8, 4) is 0 Å². The highest BCUT2D eigenvalue weighted by Gasteiger charge is 2.34. The summed E-state index contributed by atoms with van der Waals surface area (Å²) >= 11 is 0. The number of piperidine rings is 1. The molecule has 3 N–H and O–H groups in total. The number of likely N-dealkylation sites (tertiary alicyclic amines) is 1. The molecule has 2 heterocycles. The highest BCUT2D eigenvalue weighted by molar-refractivity contribution is 5.83. The minimum absolute atomic E-state index is 0.0335. The van der Waals surface area contributed by atoms with Gasteiger partial charge in [0.05, 0.1) is 12.1 Å². The molecule has 2 atom stereocenters. The average Bonchev–Trinajstić information content (AvgIpc) is 2.85. The number of hydrogen-bond donors (Lipinski definition) is 3. The van der Waals surface area contributed by atoms with Gasteiger partial charge in [-0.3, -0.25) is 9.59 Å². The molecule has 0 aromatic rings. The Labute approximate surface area is 113 Å².